The largest absolute Gasteiger partial charge is 0.391 e. The number of β-amino-alcohol motifs (C(OH)–C–C–N with tert-alkyl or cyclic N) is 1. The number of amides is 1. The summed E-state index contributed by atoms with van der Waals surface area (Å²) in [7, 11) is 0. The third-order valence-electron chi connectivity index (χ3n) is 2.85. The van der Waals surface area contributed by atoms with Crippen molar-refractivity contribution in [3.63, 3.8) is 0 Å². The van der Waals surface area contributed by atoms with Crippen LogP contribution in [0.1, 0.15) is 20.3 Å². The third kappa shape index (κ3) is 2.45. The van der Waals surface area contributed by atoms with E-state index >= 15 is 0 Å². The lowest BCUT2D eigenvalue weighted by Crippen LogP contribution is -2.40. The van der Waals surface area contributed by atoms with Crippen molar-refractivity contribution >= 4 is 5.91 Å². The van der Waals surface area contributed by atoms with Crippen LogP contribution in [0.25, 0.3) is 0 Å². The third-order valence-corrected chi connectivity index (χ3v) is 2.85. The maximum absolute atomic E-state index is 11.9. The number of aliphatic hydroxyl groups excluding tert-OH is 1. The van der Waals surface area contributed by atoms with Gasteiger partial charge in [-0.2, -0.15) is 0 Å². The van der Waals surface area contributed by atoms with Gasteiger partial charge in [0.2, 0.25) is 5.91 Å². The lowest BCUT2D eigenvalue weighted by atomic mass is 9.94. The fourth-order valence-corrected chi connectivity index (χ4v) is 1.83. The van der Waals surface area contributed by atoms with E-state index in [0.29, 0.717) is 26.1 Å². The van der Waals surface area contributed by atoms with Crippen molar-refractivity contribution in [3.8, 4) is 0 Å². The summed E-state index contributed by atoms with van der Waals surface area (Å²) in [6.45, 7) is 5.54. The van der Waals surface area contributed by atoms with E-state index in [0.717, 1.165) is 0 Å². The van der Waals surface area contributed by atoms with E-state index in [9.17, 15) is 9.90 Å². The van der Waals surface area contributed by atoms with Crippen LogP contribution in [0.15, 0.2) is 0 Å². The Balaban J connectivity index is 2.55. The zero-order chi connectivity index (χ0) is 10.7. The van der Waals surface area contributed by atoms with Crippen LogP contribution < -0.4 is 5.73 Å². The van der Waals surface area contributed by atoms with Crippen LogP contribution in [0.4, 0.5) is 0 Å². The number of carbonyl (C=O) groups excluding carboxylic acids is 1. The molecule has 14 heavy (non-hydrogen) atoms. The molecule has 0 aromatic carbocycles. The molecule has 1 aliphatic rings. The molecule has 0 radical (unpaired) electrons. The molecule has 0 aromatic rings. The molecule has 1 amide bonds. The SMILES string of the molecule is CC(C)C(CN)C(=O)N1CCC(O)C1. The Bertz CT molecular complexity index is 206. The van der Waals surface area contributed by atoms with Crippen LogP contribution in [0.5, 0.6) is 0 Å². The van der Waals surface area contributed by atoms with Crippen molar-refractivity contribution < 1.29 is 9.90 Å². The molecule has 1 rings (SSSR count). The molecular formula is C10H20N2O2. The lowest BCUT2D eigenvalue weighted by Gasteiger charge is -2.24. The summed E-state index contributed by atoms with van der Waals surface area (Å²) in [5, 5.41) is 9.32. The first-order valence-electron chi connectivity index (χ1n) is 5.23. The van der Waals surface area contributed by atoms with Gasteiger partial charge >= 0.3 is 0 Å². The first-order valence-corrected chi connectivity index (χ1v) is 5.23. The average Bonchev–Trinajstić information content (AvgIpc) is 2.52. The molecular weight excluding hydrogens is 180 g/mol. The monoisotopic (exact) mass is 200 g/mol. The van der Waals surface area contributed by atoms with Gasteiger partial charge in [-0.15, -0.1) is 0 Å². The van der Waals surface area contributed by atoms with E-state index in [1.54, 1.807) is 4.90 Å². The molecule has 4 nitrogen and oxygen atoms in total. The van der Waals surface area contributed by atoms with Crippen molar-refractivity contribution in [2.75, 3.05) is 19.6 Å². The number of hydrogen-bond donors (Lipinski definition) is 2. The van der Waals surface area contributed by atoms with Gasteiger partial charge in [0.05, 0.1) is 12.0 Å². The smallest absolute Gasteiger partial charge is 0.227 e. The number of aliphatic hydroxyl groups is 1. The van der Waals surface area contributed by atoms with Gasteiger partial charge in [0, 0.05) is 19.6 Å². The number of carbonyl (C=O) groups is 1. The molecule has 2 atom stereocenters. The molecule has 1 heterocycles. The fourth-order valence-electron chi connectivity index (χ4n) is 1.83. The van der Waals surface area contributed by atoms with Crippen molar-refractivity contribution in [3.05, 3.63) is 0 Å². The first-order chi connectivity index (χ1) is 6.56. The second kappa shape index (κ2) is 4.75. The highest BCUT2D eigenvalue weighted by Crippen LogP contribution is 2.17. The number of nitrogens with two attached hydrogens (primary N) is 1. The Labute approximate surface area is 85.1 Å². The Morgan fingerprint density at radius 3 is 2.64 bits per heavy atom. The van der Waals surface area contributed by atoms with E-state index in [1.165, 1.54) is 0 Å². The molecule has 1 fully saturated rings. The highest BCUT2D eigenvalue weighted by atomic mass is 16.3. The highest BCUT2D eigenvalue weighted by molar-refractivity contribution is 5.79. The maximum atomic E-state index is 11.9. The van der Waals surface area contributed by atoms with Crippen LogP contribution in [-0.4, -0.2) is 41.7 Å². The van der Waals surface area contributed by atoms with Gasteiger partial charge in [-0.3, -0.25) is 4.79 Å². The highest BCUT2D eigenvalue weighted by Gasteiger charge is 2.30. The van der Waals surface area contributed by atoms with E-state index in [-0.39, 0.29) is 23.8 Å². The lowest BCUT2D eigenvalue weighted by molar-refractivity contribution is -0.135. The summed E-state index contributed by atoms with van der Waals surface area (Å²) in [6.07, 6.45) is 0.353. The number of hydrogen-bond acceptors (Lipinski definition) is 3. The van der Waals surface area contributed by atoms with Crippen LogP contribution in [0.3, 0.4) is 0 Å². The van der Waals surface area contributed by atoms with Crippen molar-refractivity contribution in [1.82, 2.24) is 4.90 Å². The zero-order valence-electron chi connectivity index (χ0n) is 8.94. The quantitative estimate of drug-likeness (QED) is 0.663. The Morgan fingerprint density at radius 1 is 1.64 bits per heavy atom. The number of likely N-dealkylation sites (tertiary alicyclic amines) is 1. The van der Waals surface area contributed by atoms with Crippen LogP contribution in [0, 0.1) is 11.8 Å². The fraction of sp³-hybridized carbons (Fsp3) is 0.900. The summed E-state index contributed by atoms with van der Waals surface area (Å²) in [4.78, 5) is 13.6. The van der Waals surface area contributed by atoms with Crippen molar-refractivity contribution in [1.29, 1.82) is 0 Å². The standard InChI is InChI=1S/C10H20N2O2/c1-7(2)9(5-11)10(14)12-4-3-8(13)6-12/h7-9,13H,3-6,11H2,1-2H3. The molecule has 0 aliphatic carbocycles. The van der Waals surface area contributed by atoms with Gasteiger partial charge in [-0.25, -0.2) is 0 Å². The summed E-state index contributed by atoms with van der Waals surface area (Å²) in [5.74, 6) is 0.268. The van der Waals surface area contributed by atoms with Gasteiger partial charge in [0.25, 0.3) is 0 Å². The molecule has 1 aliphatic heterocycles. The summed E-state index contributed by atoms with van der Waals surface area (Å²) >= 11 is 0. The van der Waals surface area contributed by atoms with Gasteiger partial charge in [-0.05, 0) is 12.3 Å². The average molecular weight is 200 g/mol. The van der Waals surface area contributed by atoms with Crippen molar-refractivity contribution in [2.45, 2.75) is 26.4 Å². The minimum absolute atomic E-state index is 0.0963. The van der Waals surface area contributed by atoms with E-state index in [1.807, 2.05) is 13.8 Å². The van der Waals surface area contributed by atoms with Gasteiger partial charge in [0.1, 0.15) is 0 Å². The molecule has 0 aromatic heterocycles. The topological polar surface area (TPSA) is 66.6 Å². The molecule has 0 bridgehead atoms. The molecule has 0 saturated carbocycles. The van der Waals surface area contributed by atoms with Crippen LogP contribution in [-0.2, 0) is 4.79 Å². The normalized spacial score (nSPS) is 24.4. The van der Waals surface area contributed by atoms with Crippen LogP contribution in [0.2, 0.25) is 0 Å². The van der Waals surface area contributed by atoms with Crippen LogP contribution >= 0.6 is 0 Å². The Morgan fingerprint density at radius 2 is 2.29 bits per heavy atom. The molecule has 0 spiro atoms. The summed E-state index contributed by atoms with van der Waals surface area (Å²) < 4.78 is 0. The maximum Gasteiger partial charge on any atom is 0.227 e. The van der Waals surface area contributed by atoms with Crippen molar-refractivity contribution in [2.24, 2.45) is 17.6 Å². The zero-order valence-corrected chi connectivity index (χ0v) is 8.94. The van der Waals surface area contributed by atoms with E-state index < -0.39 is 0 Å². The predicted octanol–water partition coefficient (Wildman–Crippen LogP) is -0.189. The van der Waals surface area contributed by atoms with Gasteiger partial charge in [-0.1, -0.05) is 13.8 Å². The second-order valence-electron chi connectivity index (χ2n) is 4.31. The first kappa shape index (κ1) is 11.5. The molecule has 3 N–H and O–H groups in total. The van der Waals surface area contributed by atoms with E-state index in [4.69, 9.17) is 5.73 Å². The number of nitrogens with zero attached hydrogens (tertiary/aromatic N) is 1. The minimum Gasteiger partial charge on any atom is -0.391 e. The second-order valence-corrected chi connectivity index (χ2v) is 4.31. The van der Waals surface area contributed by atoms with Gasteiger partial charge in [0.15, 0.2) is 0 Å². The van der Waals surface area contributed by atoms with Gasteiger partial charge < -0.3 is 15.7 Å². The van der Waals surface area contributed by atoms with E-state index in [2.05, 4.69) is 0 Å². The molecule has 2 unspecified atom stereocenters. The Kier molecular flexibility index (Phi) is 3.89. The number of rotatable bonds is 3. The molecule has 82 valence electrons. The predicted molar refractivity (Wildman–Crippen MR) is 54.6 cm³/mol. The minimum atomic E-state index is -0.343. The summed E-state index contributed by atoms with van der Waals surface area (Å²) in [6, 6.07) is 0. The molecule has 4 heteroatoms. The summed E-state index contributed by atoms with van der Waals surface area (Å²) in [5.41, 5.74) is 5.57. The Hall–Kier alpha value is -0.610. The molecule has 1 saturated heterocycles.